The van der Waals surface area contributed by atoms with E-state index in [2.05, 4.69) is 10.6 Å². The quantitative estimate of drug-likeness (QED) is 0.0988. The summed E-state index contributed by atoms with van der Waals surface area (Å²) in [5.74, 6) is -7.47. The molecular weight excluding hydrogens is 434 g/mol. The van der Waals surface area contributed by atoms with Gasteiger partial charge in [0.25, 0.3) is 0 Å². The smallest absolute Gasteiger partial charge is 0.326 e. The van der Waals surface area contributed by atoms with Gasteiger partial charge in [-0.3, -0.25) is 24.0 Å². The normalized spacial score (nSPS) is 14.3. The number of carbonyl (C=O) groups excluding carboxylic acids is 3. The zero-order chi connectivity index (χ0) is 24.8. The highest BCUT2D eigenvalue weighted by molar-refractivity contribution is 5.95. The van der Waals surface area contributed by atoms with E-state index in [0.717, 1.165) is 0 Å². The largest absolute Gasteiger partial charge is 0.481 e. The molecule has 0 bridgehead atoms. The fourth-order valence-corrected chi connectivity index (χ4v) is 2.43. The van der Waals surface area contributed by atoms with E-state index in [4.69, 9.17) is 26.8 Å². The van der Waals surface area contributed by atoms with E-state index < -0.39 is 79.2 Å². The van der Waals surface area contributed by atoms with E-state index in [-0.39, 0.29) is 13.0 Å². The predicted octanol–water partition coefficient (Wildman–Crippen LogP) is -4.08. The molecule has 0 saturated heterocycles. The van der Waals surface area contributed by atoms with E-state index in [1.54, 1.807) is 0 Å². The van der Waals surface area contributed by atoms with Crippen molar-refractivity contribution in [3.63, 3.8) is 0 Å². The molecule has 0 saturated carbocycles. The lowest BCUT2D eigenvalue weighted by Gasteiger charge is -2.24. The SMILES string of the molecule is NCCCCC(NC(=O)C(CO)NC(=O)C(N)CC(=O)O)C(=O)NC(CC(=O)O)C(=O)O. The Morgan fingerprint density at radius 3 is 1.69 bits per heavy atom. The lowest BCUT2D eigenvalue weighted by molar-refractivity contribution is -0.147. The Labute approximate surface area is 182 Å². The Morgan fingerprint density at radius 1 is 0.719 bits per heavy atom. The van der Waals surface area contributed by atoms with Crippen molar-refractivity contribution in [2.24, 2.45) is 11.5 Å². The van der Waals surface area contributed by atoms with Gasteiger partial charge in [0.2, 0.25) is 17.7 Å². The van der Waals surface area contributed by atoms with Crippen LogP contribution in [-0.2, 0) is 28.8 Å². The zero-order valence-corrected chi connectivity index (χ0v) is 17.2. The minimum Gasteiger partial charge on any atom is -0.481 e. The number of hydrogen-bond acceptors (Lipinski definition) is 9. The zero-order valence-electron chi connectivity index (χ0n) is 17.2. The number of aliphatic carboxylic acids is 3. The van der Waals surface area contributed by atoms with E-state index >= 15 is 0 Å². The average Bonchev–Trinajstić information content (AvgIpc) is 2.69. The van der Waals surface area contributed by atoms with Gasteiger partial charge in [-0.25, -0.2) is 4.79 Å². The number of unbranched alkanes of at least 4 members (excludes halogenated alkanes) is 1. The number of aliphatic hydroxyl groups excluding tert-OH is 1. The molecule has 3 amide bonds. The van der Waals surface area contributed by atoms with Gasteiger partial charge in [0.15, 0.2) is 0 Å². The molecule has 0 aromatic rings. The van der Waals surface area contributed by atoms with Crippen molar-refractivity contribution in [1.82, 2.24) is 16.0 Å². The van der Waals surface area contributed by atoms with Crippen LogP contribution < -0.4 is 27.4 Å². The van der Waals surface area contributed by atoms with Gasteiger partial charge in [-0.2, -0.15) is 0 Å². The molecule has 0 spiro atoms. The minimum atomic E-state index is -1.75. The molecule has 15 nitrogen and oxygen atoms in total. The van der Waals surface area contributed by atoms with E-state index in [9.17, 15) is 33.9 Å². The second-order valence-electron chi connectivity index (χ2n) is 6.79. The van der Waals surface area contributed by atoms with Crippen LogP contribution in [0.2, 0.25) is 0 Å². The molecule has 0 aliphatic heterocycles. The van der Waals surface area contributed by atoms with Gasteiger partial charge in [-0.1, -0.05) is 0 Å². The first-order valence-electron chi connectivity index (χ1n) is 9.56. The van der Waals surface area contributed by atoms with E-state index in [1.807, 2.05) is 5.32 Å². The maximum atomic E-state index is 12.5. The lowest BCUT2D eigenvalue weighted by Crippen LogP contribution is -2.58. The third kappa shape index (κ3) is 11.2. The van der Waals surface area contributed by atoms with Crippen molar-refractivity contribution in [1.29, 1.82) is 0 Å². The molecule has 182 valence electrons. The summed E-state index contributed by atoms with van der Waals surface area (Å²) < 4.78 is 0. The highest BCUT2D eigenvalue weighted by Gasteiger charge is 2.31. The summed E-state index contributed by atoms with van der Waals surface area (Å²) in [4.78, 5) is 69.4. The average molecular weight is 463 g/mol. The van der Waals surface area contributed by atoms with Crippen molar-refractivity contribution in [2.75, 3.05) is 13.2 Å². The molecule has 4 unspecified atom stereocenters. The first-order valence-corrected chi connectivity index (χ1v) is 9.56. The number of carbonyl (C=O) groups is 6. The van der Waals surface area contributed by atoms with Gasteiger partial charge in [0, 0.05) is 0 Å². The fourth-order valence-electron chi connectivity index (χ4n) is 2.43. The van der Waals surface area contributed by atoms with E-state index in [0.29, 0.717) is 12.8 Å². The molecule has 0 fully saturated rings. The summed E-state index contributed by atoms with van der Waals surface area (Å²) >= 11 is 0. The van der Waals surface area contributed by atoms with Crippen LogP contribution in [0, 0.1) is 0 Å². The van der Waals surface area contributed by atoms with Crippen molar-refractivity contribution in [3.8, 4) is 0 Å². The van der Waals surface area contributed by atoms with Crippen molar-refractivity contribution in [2.45, 2.75) is 56.3 Å². The van der Waals surface area contributed by atoms with Crippen LogP contribution in [0.25, 0.3) is 0 Å². The molecule has 11 N–H and O–H groups in total. The maximum absolute atomic E-state index is 12.5. The van der Waals surface area contributed by atoms with Gasteiger partial charge in [-0.05, 0) is 25.8 Å². The van der Waals surface area contributed by atoms with Crippen molar-refractivity contribution >= 4 is 35.6 Å². The molecule has 0 rings (SSSR count). The summed E-state index contributed by atoms with van der Waals surface area (Å²) in [5.41, 5.74) is 10.8. The molecule has 32 heavy (non-hydrogen) atoms. The van der Waals surface area contributed by atoms with Gasteiger partial charge in [0.1, 0.15) is 18.1 Å². The third-order valence-electron chi connectivity index (χ3n) is 4.12. The molecule has 4 atom stereocenters. The Morgan fingerprint density at radius 2 is 1.22 bits per heavy atom. The van der Waals surface area contributed by atoms with Crippen LogP contribution in [0.4, 0.5) is 0 Å². The standard InChI is InChI=1S/C17H29N5O10/c18-4-2-1-3-9(15(29)21-10(17(31)32)6-13(26)27)20-16(30)11(7-23)22-14(28)8(19)5-12(24)25/h8-11,23H,1-7,18-19H2,(H,20,30)(H,21,29)(H,22,28)(H,24,25)(H,26,27)(H,31,32). The third-order valence-corrected chi connectivity index (χ3v) is 4.12. The van der Waals surface area contributed by atoms with Gasteiger partial charge in [-0.15, -0.1) is 0 Å². The van der Waals surface area contributed by atoms with Gasteiger partial charge < -0.3 is 47.8 Å². The number of carboxylic acids is 3. The number of nitrogens with one attached hydrogen (secondary N) is 3. The van der Waals surface area contributed by atoms with Crippen LogP contribution in [0.1, 0.15) is 32.1 Å². The van der Waals surface area contributed by atoms with Crippen LogP contribution >= 0.6 is 0 Å². The second kappa shape index (κ2) is 14.7. The Hall–Kier alpha value is -3.30. The number of aliphatic hydroxyl groups is 1. The molecule has 0 radical (unpaired) electrons. The number of amides is 3. The summed E-state index contributed by atoms with van der Waals surface area (Å²) in [5, 5.41) is 42.2. The first kappa shape index (κ1) is 28.7. The monoisotopic (exact) mass is 463 g/mol. The number of rotatable bonds is 16. The van der Waals surface area contributed by atoms with Gasteiger partial charge in [0.05, 0.1) is 25.5 Å². The van der Waals surface area contributed by atoms with Crippen LogP contribution in [0.15, 0.2) is 0 Å². The summed E-state index contributed by atoms with van der Waals surface area (Å²) in [6.45, 7) is -0.638. The molecule has 0 aromatic carbocycles. The predicted molar refractivity (Wildman–Crippen MR) is 106 cm³/mol. The van der Waals surface area contributed by atoms with Crippen LogP contribution in [0.3, 0.4) is 0 Å². The first-order chi connectivity index (χ1) is 14.9. The molecule has 0 aliphatic rings. The Bertz CT molecular complexity index is 701. The second-order valence-corrected chi connectivity index (χ2v) is 6.79. The molecule has 0 heterocycles. The van der Waals surface area contributed by atoms with Gasteiger partial charge >= 0.3 is 17.9 Å². The lowest BCUT2D eigenvalue weighted by atomic mass is 10.1. The highest BCUT2D eigenvalue weighted by atomic mass is 16.4. The van der Waals surface area contributed by atoms with E-state index in [1.165, 1.54) is 0 Å². The highest BCUT2D eigenvalue weighted by Crippen LogP contribution is 2.04. The number of hydrogen-bond donors (Lipinski definition) is 9. The summed E-state index contributed by atoms with van der Waals surface area (Å²) in [6, 6.07) is -6.16. The van der Waals surface area contributed by atoms with Crippen LogP contribution in [0.5, 0.6) is 0 Å². The van der Waals surface area contributed by atoms with Crippen LogP contribution in [-0.4, -0.2) is 93.4 Å². The molecule has 15 heteroatoms. The fraction of sp³-hybridized carbons (Fsp3) is 0.647. The topological polar surface area (TPSA) is 271 Å². The molecular formula is C17H29N5O10. The number of nitrogens with two attached hydrogens (primary N) is 2. The van der Waals surface area contributed by atoms with Crippen molar-refractivity contribution in [3.05, 3.63) is 0 Å². The number of carboxylic acid groups (broad SMARTS) is 3. The summed E-state index contributed by atoms with van der Waals surface area (Å²) in [7, 11) is 0. The Balaban J connectivity index is 5.30. The Kier molecular flexibility index (Phi) is 13.1. The molecule has 0 aliphatic carbocycles. The molecule has 0 aromatic heterocycles. The maximum Gasteiger partial charge on any atom is 0.326 e. The summed E-state index contributed by atoms with van der Waals surface area (Å²) in [6.07, 6.45) is -0.831. The minimum absolute atomic E-state index is 0.00118. The van der Waals surface area contributed by atoms with Crippen molar-refractivity contribution < 1.29 is 49.2 Å².